The molecule has 0 bridgehead atoms. The molecule has 1 unspecified atom stereocenters. The number of likely N-dealkylation sites (N-methyl/N-ethyl adjacent to an activating group) is 1. The van der Waals surface area contributed by atoms with Crippen LogP contribution in [0.5, 0.6) is 0 Å². The number of benzene rings is 2. The normalized spacial score (nSPS) is 23.1. The quantitative estimate of drug-likeness (QED) is 0.789. The fourth-order valence-electron chi connectivity index (χ4n) is 4.42. The van der Waals surface area contributed by atoms with E-state index in [1.54, 1.807) is 12.1 Å². The summed E-state index contributed by atoms with van der Waals surface area (Å²) in [4.78, 5) is 2.53. The SMILES string of the molecule is CN1c2ccccc2C(C)(C)C12CC(c1ccc(S(=O)(=O)N(C)C)cc1)=CO2. The highest BCUT2D eigenvalue weighted by molar-refractivity contribution is 7.89. The van der Waals surface area contributed by atoms with Crippen molar-refractivity contribution in [2.45, 2.75) is 36.3 Å². The molecule has 0 amide bonds. The lowest BCUT2D eigenvalue weighted by Gasteiger charge is -2.42. The summed E-state index contributed by atoms with van der Waals surface area (Å²) >= 11 is 0. The van der Waals surface area contributed by atoms with Gasteiger partial charge in [-0.15, -0.1) is 0 Å². The van der Waals surface area contributed by atoms with Crippen molar-refractivity contribution in [3.8, 4) is 0 Å². The molecule has 0 fully saturated rings. The van der Waals surface area contributed by atoms with E-state index in [-0.39, 0.29) is 5.41 Å². The van der Waals surface area contributed by atoms with Crippen molar-refractivity contribution in [3.05, 3.63) is 65.9 Å². The predicted molar refractivity (Wildman–Crippen MR) is 112 cm³/mol. The molecule has 2 aromatic carbocycles. The highest BCUT2D eigenvalue weighted by atomic mass is 32.2. The van der Waals surface area contributed by atoms with Crippen LogP contribution in [0.1, 0.15) is 31.4 Å². The van der Waals surface area contributed by atoms with Crippen molar-refractivity contribution < 1.29 is 13.2 Å². The van der Waals surface area contributed by atoms with Crippen molar-refractivity contribution in [1.82, 2.24) is 4.31 Å². The summed E-state index contributed by atoms with van der Waals surface area (Å²) in [6.07, 6.45) is 2.56. The molecule has 2 aliphatic rings. The number of nitrogens with zero attached hydrogens (tertiary/aromatic N) is 2. The Balaban J connectivity index is 1.65. The van der Waals surface area contributed by atoms with Gasteiger partial charge in [0.25, 0.3) is 0 Å². The highest BCUT2D eigenvalue weighted by Gasteiger charge is 2.59. The molecule has 28 heavy (non-hydrogen) atoms. The third-order valence-electron chi connectivity index (χ3n) is 6.29. The molecule has 2 aromatic rings. The van der Waals surface area contributed by atoms with E-state index in [1.807, 2.05) is 18.4 Å². The minimum Gasteiger partial charge on any atom is -0.474 e. The third-order valence-corrected chi connectivity index (χ3v) is 8.12. The van der Waals surface area contributed by atoms with Gasteiger partial charge in [-0.1, -0.05) is 30.3 Å². The van der Waals surface area contributed by atoms with Gasteiger partial charge in [0.15, 0.2) is 5.72 Å². The molecule has 4 rings (SSSR count). The molecule has 0 N–H and O–H groups in total. The summed E-state index contributed by atoms with van der Waals surface area (Å²) in [6, 6.07) is 15.5. The number of sulfonamides is 1. The van der Waals surface area contributed by atoms with Gasteiger partial charge in [-0.25, -0.2) is 12.7 Å². The van der Waals surface area contributed by atoms with Gasteiger partial charge < -0.3 is 9.64 Å². The van der Waals surface area contributed by atoms with Crippen LogP contribution in [0.4, 0.5) is 5.69 Å². The Labute approximate surface area is 167 Å². The molecule has 0 aliphatic carbocycles. The lowest BCUT2D eigenvalue weighted by Crippen LogP contribution is -2.54. The maximum Gasteiger partial charge on any atom is 0.242 e. The second-order valence-corrected chi connectivity index (χ2v) is 10.4. The van der Waals surface area contributed by atoms with Crippen LogP contribution < -0.4 is 4.90 Å². The second kappa shape index (κ2) is 6.09. The van der Waals surface area contributed by atoms with Gasteiger partial charge in [-0.05, 0) is 48.7 Å². The topological polar surface area (TPSA) is 49.9 Å². The largest absolute Gasteiger partial charge is 0.474 e. The molecule has 2 aliphatic heterocycles. The zero-order chi connectivity index (χ0) is 20.3. The Bertz CT molecular complexity index is 1060. The zero-order valence-corrected chi connectivity index (χ0v) is 17.7. The Morgan fingerprint density at radius 1 is 1.04 bits per heavy atom. The predicted octanol–water partition coefficient (Wildman–Crippen LogP) is 3.82. The van der Waals surface area contributed by atoms with Crippen molar-refractivity contribution in [1.29, 1.82) is 0 Å². The average molecular weight is 399 g/mol. The van der Waals surface area contributed by atoms with Gasteiger partial charge in [0.2, 0.25) is 10.0 Å². The van der Waals surface area contributed by atoms with E-state index in [4.69, 9.17) is 4.74 Å². The molecule has 0 saturated carbocycles. The number of rotatable bonds is 3. The number of hydrogen-bond acceptors (Lipinski definition) is 4. The Kier molecular flexibility index (Phi) is 4.14. The maximum atomic E-state index is 12.3. The molecule has 0 radical (unpaired) electrons. The van der Waals surface area contributed by atoms with E-state index in [0.29, 0.717) is 4.90 Å². The van der Waals surface area contributed by atoms with Gasteiger partial charge in [0, 0.05) is 33.3 Å². The number of hydrogen-bond donors (Lipinski definition) is 0. The van der Waals surface area contributed by atoms with Crippen LogP contribution >= 0.6 is 0 Å². The first-order valence-electron chi connectivity index (χ1n) is 9.34. The van der Waals surface area contributed by atoms with E-state index in [1.165, 1.54) is 29.7 Å². The van der Waals surface area contributed by atoms with E-state index in [2.05, 4.69) is 50.1 Å². The zero-order valence-electron chi connectivity index (χ0n) is 16.9. The molecule has 5 nitrogen and oxygen atoms in total. The van der Waals surface area contributed by atoms with Crippen LogP contribution in [-0.4, -0.2) is 39.6 Å². The van der Waals surface area contributed by atoms with Gasteiger partial charge in [0.1, 0.15) is 0 Å². The molecular formula is C22H26N2O3S. The van der Waals surface area contributed by atoms with Gasteiger partial charge >= 0.3 is 0 Å². The first kappa shape index (κ1) is 19.0. The summed E-state index contributed by atoms with van der Waals surface area (Å²) in [5, 5.41) is 0. The van der Waals surface area contributed by atoms with Crippen LogP contribution in [0, 0.1) is 0 Å². The molecule has 1 atom stereocenters. The van der Waals surface area contributed by atoms with Crippen molar-refractivity contribution >= 4 is 21.3 Å². The van der Waals surface area contributed by atoms with Crippen LogP contribution in [0.2, 0.25) is 0 Å². The van der Waals surface area contributed by atoms with E-state index >= 15 is 0 Å². The van der Waals surface area contributed by atoms with Gasteiger partial charge in [0.05, 0.1) is 16.6 Å². The van der Waals surface area contributed by atoms with Crippen molar-refractivity contribution in [3.63, 3.8) is 0 Å². The fourth-order valence-corrected chi connectivity index (χ4v) is 5.32. The van der Waals surface area contributed by atoms with E-state index < -0.39 is 15.7 Å². The monoisotopic (exact) mass is 398 g/mol. The van der Waals surface area contributed by atoms with Gasteiger partial charge in [-0.3, -0.25) is 0 Å². The standard InChI is InChI=1S/C22H26N2O3S/c1-21(2)19-8-6-7-9-20(19)24(5)22(21)14-17(15-27-22)16-10-12-18(13-11-16)28(25,26)23(3)4/h6-13,15H,14H2,1-5H3. The smallest absolute Gasteiger partial charge is 0.242 e. The summed E-state index contributed by atoms with van der Waals surface area (Å²) in [7, 11) is 1.73. The van der Waals surface area contributed by atoms with E-state index in [9.17, 15) is 8.42 Å². The highest BCUT2D eigenvalue weighted by Crippen LogP contribution is 2.57. The maximum absolute atomic E-state index is 12.3. The number of anilines is 1. The van der Waals surface area contributed by atoms with Crippen LogP contribution in [0.15, 0.2) is 59.7 Å². The summed E-state index contributed by atoms with van der Waals surface area (Å²) in [5.41, 5.74) is 3.84. The summed E-state index contributed by atoms with van der Waals surface area (Å²) < 4.78 is 32.2. The molecule has 0 aromatic heterocycles. The first-order chi connectivity index (χ1) is 13.1. The fraction of sp³-hybridized carbons (Fsp3) is 0.364. The minimum atomic E-state index is -3.43. The molecule has 1 spiro atoms. The van der Waals surface area contributed by atoms with Crippen molar-refractivity contribution in [2.24, 2.45) is 0 Å². The molecule has 2 heterocycles. The molecule has 6 heteroatoms. The average Bonchev–Trinajstić information content (AvgIpc) is 3.20. The second-order valence-electron chi connectivity index (χ2n) is 8.24. The van der Waals surface area contributed by atoms with E-state index in [0.717, 1.165) is 17.6 Å². The number of para-hydroxylation sites is 1. The van der Waals surface area contributed by atoms with Crippen LogP contribution in [0.3, 0.4) is 0 Å². The lowest BCUT2D eigenvalue weighted by atomic mass is 9.75. The number of fused-ring (bicyclic) bond motifs is 1. The Hall–Kier alpha value is -2.31. The van der Waals surface area contributed by atoms with Crippen LogP contribution in [0.25, 0.3) is 5.57 Å². The first-order valence-corrected chi connectivity index (χ1v) is 10.8. The molecule has 148 valence electrons. The molecular weight excluding hydrogens is 372 g/mol. The van der Waals surface area contributed by atoms with Crippen molar-refractivity contribution in [2.75, 3.05) is 26.0 Å². The minimum absolute atomic E-state index is 0.190. The number of ether oxygens (including phenoxy) is 1. The van der Waals surface area contributed by atoms with Gasteiger partial charge in [-0.2, -0.15) is 0 Å². The Morgan fingerprint density at radius 3 is 2.29 bits per heavy atom. The Morgan fingerprint density at radius 2 is 1.68 bits per heavy atom. The third kappa shape index (κ3) is 2.44. The lowest BCUT2D eigenvalue weighted by molar-refractivity contribution is -0.00656. The molecule has 0 saturated heterocycles. The van der Waals surface area contributed by atoms with Crippen LogP contribution in [-0.2, 0) is 20.2 Å². The summed E-state index contributed by atoms with van der Waals surface area (Å²) in [5.74, 6) is 0. The summed E-state index contributed by atoms with van der Waals surface area (Å²) in [6.45, 7) is 4.44.